The van der Waals surface area contributed by atoms with Gasteiger partial charge in [-0.2, -0.15) is 0 Å². The van der Waals surface area contributed by atoms with Gasteiger partial charge in [0.05, 0.1) is 22.1 Å². The highest BCUT2D eigenvalue weighted by Gasteiger charge is 2.35. The molecular weight excluding hydrogens is 532 g/mol. The Kier molecular flexibility index (Phi) is 5.77. The maximum atomic E-state index is 2.42. The molecule has 0 atom stereocenters. The van der Waals surface area contributed by atoms with Crippen LogP contribution in [0.3, 0.4) is 0 Å². The van der Waals surface area contributed by atoms with Gasteiger partial charge in [-0.05, 0) is 72.5 Å². The molecule has 2 heterocycles. The third kappa shape index (κ3) is 3.74. The van der Waals surface area contributed by atoms with E-state index in [4.69, 9.17) is 0 Å². The summed E-state index contributed by atoms with van der Waals surface area (Å²) in [4.78, 5) is 0. The molecule has 0 saturated heterocycles. The Balaban J connectivity index is 1.14. The van der Waals surface area contributed by atoms with Crippen molar-refractivity contribution < 1.29 is 0 Å². The lowest BCUT2D eigenvalue weighted by Crippen LogP contribution is -2.30. The van der Waals surface area contributed by atoms with E-state index in [9.17, 15) is 0 Å². The van der Waals surface area contributed by atoms with E-state index in [1.54, 1.807) is 0 Å². The fourth-order valence-corrected chi connectivity index (χ4v) is 8.16. The van der Waals surface area contributed by atoms with Crippen molar-refractivity contribution in [3.63, 3.8) is 0 Å². The predicted molar refractivity (Wildman–Crippen MR) is 185 cm³/mol. The molecule has 2 nitrogen and oxygen atoms in total. The Morgan fingerprint density at radius 3 is 1.00 bits per heavy atom. The molecule has 1 aliphatic carbocycles. The van der Waals surface area contributed by atoms with Gasteiger partial charge in [0.1, 0.15) is 0 Å². The number of hydrogen-bond donors (Lipinski definition) is 0. The summed E-state index contributed by atoms with van der Waals surface area (Å²) in [5.41, 5.74) is 10.4. The normalized spacial score (nSPS) is 15.0. The SMILES string of the molecule is c1ccc2c(c1)c1ccccc1n2-c1ccc(C2(c3ccc(-n4c5ccccc5c5ccccc54)cc3)CCCCC2)cc1. The molecule has 0 amide bonds. The minimum atomic E-state index is 0.0386. The summed E-state index contributed by atoms with van der Waals surface area (Å²) in [6.45, 7) is 0. The summed E-state index contributed by atoms with van der Waals surface area (Å²) in [7, 11) is 0. The molecule has 1 fully saturated rings. The molecule has 0 aliphatic heterocycles. The van der Waals surface area contributed by atoms with Crippen LogP contribution in [0.25, 0.3) is 55.0 Å². The summed E-state index contributed by atoms with van der Waals surface area (Å²) in [6, 6.07) is 54.1. The maximum absolute atomic E-state index is 2.42. The number of para-hydroxylation sites is 4. The molecule has 0 unspecified atom stereocenters. The van der Waals surface area contributed by atoms with Crippen LogP contribution in [-0.2, 0) is 5.41 Å². The standard InChI is InChI=1S/C42H34N2/c1-10-28-42(29-11-1,30-20-24-32(25-21-30)43-38-16-6-2-12-34(38)35-13-3-7-17-39(35)43)31-22-26-33(27-23-31)44-40-18-8-4-14-36(40)37-15-5-9-19-41(37)44/h2-9,12-27H,1,10-11,28-29H2. The molecule has 6 aromatic carbocycles. The fourth-order valence-electron chi connectivity index (χ4n) is 8.16. The fraction of sp³-hybridized carbons (Fsp3) is 0.143. The molecule has 0 radical (unpaired) electrons. The van der Waals surface area contributed by atoms with Crippen LogP contribution in [0, 0.1) is 0 Å². The zero-order valence-corrected chi connectivity index (χ0v) is 24.8. The first-order valence-corrected chi connectivity index (χ1v) is 16.0. The van der Waals surface area contributed by atoms with Gasteiger partial charge in [-0.25, -0.2) is 0 Å². The van der Waals surface area contributed by atoms with Crippen molar-refractivity contribution in [1.82, 2.24) is 9.13 Å². The molecular formula is C42H34N2. The summed E-state index contributed by atoms with van der Waals surface area (Å²) in [6.07, 6.45) is 6.24. The molecule has 0 bridgehead atoms. The Morgan fingerprint density at radius 1 is 0.341 bits per heavy atom. The summed E-state index contributed by atoms with van der Waals surface area (Å²) < 4.78 is 4.84. The third-order valence-corrected chi connectivity index (χ3v) is 10.2. The number of hydrogen-bond acceptors (Lipinski definition) is 0. The van der Waals surface area contributed by atoms with Crippen molar-refractivity contribution in [2.45, 2.75) is 37.5 Å². The molecule has 2 heteroatoms. The van der Waals surface area contributed by atoms with Gasteiger partial charge in [-0.15, -0.1) is 0 Å². The topological polar surface area (TPSA) is 9.86 Å². The second-order valence-electron chi connectivity index (χ2n) is 12.5. The van der Waals surface area contributed by atoms with E-state index in [0.29, 0.717) is 0 Å². The van der Waals surface area contributed by atoms with E-state index in [1.165, 1.54) is 98.2 Å². The van der Waals surface area contributed by atoms with Crippen molar-refractivity contribution in [2.24, 2.45) is 0 Å². The third-order valence-electron chi connectivity index (χ3n) is 10.2. The van der Waals surface area contributed by atoms with E-state index in [-0.39, 0.29) is 5.41 Å². The Bertz CT molecular complexity index is 2030. The van der Waals surface area contributed by atoms with Crippen molar-refractivity contribution >= 4 is 43.6 Å². The molecule has 8 aromatic rings. The molecule has 1 aliphatic rings. The van der Waals surface area contributed by atoms with Gasteiger partial charge in [0.2, 0.25) is 0 Å². The highest BCUT2D eigenvalue weighted by atomic mass is 15.0. The number of fused-ring (bicyclic) bond motifs is 6. The average Bonchev–Trinajstić information content (AvgIpc) is 3.62. The van der Waals surface area contributed by atoms with Crippen LogP contribution in [0.4, 0.5) is 0 Å². The average molecular weight is 567 g/mol. The second-order valence-corrected chi connectivity index (χ2v) is 12.5. The molecule has 1 saturated carbocycles. The van der Waals surface area contributed by atoms with E-state index >= 15 is 0 Å². The van der Waals surface area contributed by atoms with Crippen LogP contribution in [-0.4, -0.2) is 9.13 Å². The van der Waals surface area contributed by atoms with Gasteiger partial charge in [-0.1, -0.05) is 116 Å². The van der Waals surface area contributed by atoms with Crippen LogP contribution < -0.4 is 0 Å². The first kappa shape index (κ1) is 25.4. The zero-order valence-electron chi connectivity index (χ0n) is 24.8. The number of rotatable bonds is 4. The number of benzene rings is 6. The van der Waals surface area contributed by atoms with Gasteiger partial charge in [-0.3, -0.25) is 0 Å². The van der Waals surface area contributed by atoms with Crippen molar-refractivity contribution in [2.75, 3.05) is 0 Å². The minimum Gasteiger partial charge on any atom is -0.309 e. The van der Waals surface area contributed by atoms with Crippen LogP contribution in [0.1, 0.15) is 43.2 Å². The highest BCUT2D eigenvalue weighted by Crippen LogP contribution is 2.46. The molecule has 212 valence electrons. The Hall–Kier alpha value is -5.08. The monoisotopic (exact) mass is 566 g/mol. The smallest absolute Gasteiger partial charge is 0.0541 e. The van der Waals surface area contributed by atoms with Gasteiger partial charge >= 0.3 is 0 Å². The van der Waals surface area contributed by atoms with Gasteiger partial charge in [0.15, 0.2) is 0 Å². The quantitative estimate of drug-likeness (QED) is 0.200. The lowest BCUT2D eigenvalue weighted by molar-refractivity contribution is 0.346. The lowest BCUT2D eigenvalue weighted by atomic mass is 9.65. The Labute approximate surface area is 257 Å². The van der Waals surface area contributed by atoms with Crippen molar-refractivity contribution in [1.29, 1.82) is 0 Å². The molecule has 0 spiro atoms. The first-order chi connectivity index (χ1) is 21.8. The van der Waals surface area contributed by atoms with Crippen LogP contribution in [0.5, 0.6) is 0 Å². The van der Waals surface area contributed by atoms with E-state index in [1.807, 2.05) is 0 Å². The molecule has 2 aromatic heterocycles. The largest absolute Gasteiger partial charge is 0.309 e. The van der Waals surface area contributed by atoms with Crippen LogP contribution >= 0.6 is 0 Å². The number of nitrogens with zero attached hydrogens (tertiary/aromatic N) is 2. The van der Waals surface area contributed by atoms with E-state index < -0.39 is 0 Å². The second kappa shape index (κ2) is 9.99. The van der Waals surface area contributed by atoms with Crippen LogP contribution in [0.15, 0.2) is 146 Å². The van der Waals surface area contributed by atoms with E-state index in [0.717, 1.165) is 0 Å². The van der Waals surface area contributed by atoms with Gasteiger partial charge in [0, 0.05) is 38.3 Å². The summed E-state index contributed by atoms with van der Waals surface area (Å²) in [5, 5.41) is 5.22. The van der Waals surface area contributed by atoms with Gasteiger partial charge in [0.25, 0.3) is 0 Å². The van der Waals surface area contributed by atoms with Crippen LogP contribution in [0.2, 0.25) is 0 Å². The summed E-state index contributed by atoms with van der Waals surface area (Å²) in [5.74, 6) is 0. The Morgan fingerprint density at radius 2 is 0.659 bits per heavy atom. The number of aromatic nitrogens is 2. The molecule has 9 rings (SSSR count). The van der Waals surface area contributed by atoms with Crippen molar-refractivity contribution in [3.8, 4) is 11.4 Å². The first-order valence-electron chi connectivity index (χ1n) is 16.0. The van der Waals surface area contributed by atoms with E-state index in [2.05, 4.69) is 155 Å². The molecule has 0 N–H and O–H groups in total. The predicted octanol–water partition coefficient (Wildman–Crippen LogP) is 11.1. The zero-order chi connectivity index (χ0) is 29.1. The highest BCUT2D eigenvalue weighted by molar-refractivity contribution is 6.10. The summed E-state index contributed by atoms with van der Waals surface area (Å²) >= 11 is 0. The molecule has 44 heavy (non-hydrogen) atoms. The maximum Gasteiger partial charge on any atom is 0.0541 e. The van der Waals surface area contributed by atoms with Gasteiger partial charge < -0.3 is 9.13 Å². The van der Waals surface area contributed by atoms with Crippen molar-refractivity contribution in [3.05, 3.63) is 157 Å². The minimum absolute atomic E-state index is 0.0386. The lowest BCUT2D eigenvalue weighted by Gasteiger charge is -2.39.